The van der Waals surface area contributed by atoms with E-state index in [4.69, 9.17) is 9.47 Å². The van der Waals surface area contributed by atoms with Gasteiger partial charge in [-0.25, -0.2) is 0 Å². The zero-order valence-electron chi connectivity index (χ0n) is 16.1. The fourth-order valence-corrected chi connectivity index (χ4v) is 3.91. The molecule has 0 saturated carbocycles. The van der Waals surface area contributed by atoms with Crippen molar-refractivity contribution in [3.8, 4) is 11.5 Å². The van der Waals surface area contributed by atoms with Crippen molar-refractivity contribution in [2.45, 2.75) is 12.5 Å². The highest BCUT2D eigenvalue weighted by Crippen LogP contribution is 2.41. The molecule has 1 aliphatic heterocycles. The lowest BCUT2D eigenvalue weighted by molar-refractivity contribution is 0.0694. The van der Waals surface area contributed by atoms with Crippen molar-refractivity contribution in [1.29, 1.82) is 0 Å². The summed E-state index contributed by atoms with van der Waals surface area (Å²) in [5.74, 6) is 1.43. The van der Waals surface area contributed by atoms with Gasteiger partial charge in [0, 0.05) is 12.1 Å². The lowest BCUT2D eigenvalue weighted by atomic mass is 9.87. The fraction of sp³-hybridized carbons (Fsp3) is 0.208. The second-order valence-electron chi connectivity index (χ2n) is 6.83. The van der Waals surface area contributed by atoms with E-state index in [1.54, 1.807) is 14.2 Å². The molecule has 142 valence electrons. The number of methoxy groups -OCH3 is 2. The maximum atomic E-state index is 13.3. The second kappa shape index (κ2) is 7.77. The van der Waals surface area contributed by atoms with Crippen molar-refractivity contribution in [2.24, 2.45) is 0 Å². The average molecular weight is 373 g/mol. The molecule has 0 spiro atoms. The number of hydrogen-bond donors (Lipinski definition) is 0. The predicted octanol–water partition coefficient (Wildman–Crippen LogP) is 4.49. The molecule has 0 N–H and O–H groups in total. The summed E-state index contributed by atoms with van der Waals surface area (Å²) in [6, 6.07) is 23.5. The minimum absolute atomic E-state index is 0.0369. The van der Waals surface area contributed by atoms with Gasteiger partial charge in [0.2, 0.25) is 0 Å². The van der Waals surface area contributed by atoms with Gasteiger partial charge in [0.05, 0.1) is 20.3 Å². The van der Waals surface area contributed by atoms with Crippen molar-refractivity contribution in [3.05, 3.63) is 95.1 Å². The van der Waals surface area contributed by atoms with E-state index < -0.39 is 0 Å². The van der Waals surface area contributed by atoms with Crippen LogP contribution in [0.3, 0.4) is 0 Å². The van der Waals surface area contributed by atoms with Crippen LogP contribution in [-0.2, 0) is 6.42 Å². The Hall–Kier alpha value is -3.27. The Morgan fingerprint density at radius 2 is 1.50 bits per heavy atom. The Balaban J connectivity index is 1.84. The lowest BCUT2D eigenvalue weighted by Crippen LogP contribution is -2.40. The van der Waals surface area contributed by atoms with E-state index in [1.165, 1.54) is 5.56 Å². The third-order valence-corrected chi connectivity index (χ3v) is 5.27. The monoisotopic (exact) mass is 373 g/mol. The molecule has 3 aromatic carbocycles. The normalized spacial score (nSPS) is 15.6. The summed E-state index contributed by atoms with van der Waals surface area (Å²) >= 11 is 0. The van der Waals surface area contributed by atoms with Crippen LogP contribution in [0.5, 0.6) is 11.5 Å². The van der Waals surface area contributed by atoms with Crippen LogP contribution in [0.1, 0.15) is 33.1 Å². The van der Waals surface area contributed by atoms with E-state index in [2.05, 4.69) is 12.1 Å². The topological polar surface area (TPSA) is 38.8 Å². The van der Waals surface area contributed by atoms with Gasteiger partial charge in [0.15, 0.2) is 11.5 Å². The van der Waals surface area contributed by atoms with Crippen molar-refractivity contribution in [2.75, 3.05) is 20.8 Å². The van der Waals surface area contributed by atoms with Crippen LogP contribution in [0.15, 0.2) is 72.8 Å². The largest absolute Gasteiger partial charge is 0.493 e. The zero-order chi connectivity index (χ0) is 19.5. The molecule has 1 amide bonds. The van der Waals surface area contributed by atoms with E-state index in [9.17, 15) is 4.79 Å². The summed E-state index contributed by atoms with van der Waals surface area (Å²) in [5.41, 5.74) is 4.05. The van der Waals surface area contributed by atoms with Crippen LogP contribution >= 0.6 is 0 Å². The summed E-state index contributed by atoms with van der Waals surface area (Å²) in [5, 5.41) is 0. The van der Waals surface area contributed by atoms with Gasteiger partial charge in [-0.2, -0.15) is 0 Å². The zero-order valence-corrected chi connectivity index (χ0v) is 16.1. The lowest BCUT2D eigenvalue weighted by Gasteiger charge is -2.38. The molecule has 3 aromatic rings. The number of ether oxygens (including phenoxy) is 2. The number of rotatable bonds is 4. The van der Waals surface area contributed by atoms with Gasteiger partial charge in [0.1, 0.15) is 0 Å². The van der Waals surface area contributed by atoms with Crippen LogP contribution in [0, 0.1) is 0 Å². The number of carbonyl (C=O) groups is 1. The first-order chi connectivity index (χ1) is 13.7. The summed E-state index contributed by atoms with van der Waals surface area (Å²) in [6.07, 6.45) is 0.775. The molecule has 4 heteroatoms. The molecule has 28 heavy (non-hydrogen) atoms. The average Bonchev–Trinajstić information content (AvgIpc) is 2.77. The van der Waals surface area contributed by atoms with E-state index in [0.717, 1.165) is 23.3 Å². The maximum Gasteiger partial charge on any atom is 0.254 e. The summed E-state index contributed by atoms with van der Waals surface area (Å²) < 4.78 is 11.0. The van der Waals surface area contributed by atoms with Crippen LogP contribution in [0.2, 0.25) is 0 Å². The molecular weight excluding hydrogens is 350 g/mol. The van der Waals surface area contributed by atoms with Crippen molar-refractivity contribution >= 4 is 5.91 Å². The van der Waals surface area contributed by atoms with Crippen molar-refractivity contribution in [3.63, 3.8) is 0 Å². The van der Waals surface area contributed by atoms with Crippen molar-refractivity contribution < 1.29 is 14.3 Å². The first-order valence-corrected chi connectivity index (χ1v) is 9.38. The highest BCUT2D eigenvalue weighted by molar-refractivity contribution is 5.95. The molecule has 1 atom stereocenters. The number of nitrogens with zero attached hydrogens (tertiary/aromatic N) is 1. The van der Waals surface area contributed by atoms with Crippen LogP contribution in [-0.4, -0.2) is 31.6 Å². The molecule has 0 fully saturated rings. The number of fused-ring (bicyclic) bond motifs is 1. The number of carbonyl (C=O) groups excluding carboxylic acids is 1. The molecule has 0 aromatic heterocycles. The van der Waals surface area contributed by atoms with E-state index in [-0.39, 0.29) is 11.9 Å². The molecule has 0 unspecified atom stereocenters. The van der Waals surface area contributed by atoms with Gasteiger partial charge in [-0.3, -0.25) is 4.79 Å². The molecule has 1 heterocycles. The smallest absolute Gasteiger partial charge is 0.254 e. The minimum Gasteiger partial charge on any atom is -0.493 e. The number of benzene rings is 3. The highest BCUT2D eigenvalue weighted by atomic mass is 16.5. The Labute approximate surface area is 165 Å². The van der Waals surface area contributed by atoms with E-state index >= 15 is 0 Å². The quantitative estimate of drug-likeness (QED) is 0.676. The molecule has 0 radical (unpaired) electrons. The van der Waals surface area contributed by atoms with Crippen LogP contribution in [0.4, 0.5) is 0 Å². The Bertz CT molecular complexity index is 970. The first kappa shape index (κ1) is 18.1. The molecule has 0 aliphatic carbocycles. The standard InChI is InChI=1S/C24H23NO3/c1-27-21-15-19-13-14-25(24(26)18-11-7-4-8-12-18)23(17-9-5-3-6-10-17)20(19)16-22(21)28-2/h3-12,15-16,23H,13-14H2,1-2H3/t23-/m0/s1. The number of hydrogen-bond acceptors (Lipinski definition) is 3. The molecule has 0 bridgehead atoms. The Kier molecular flexibility index (Phi) is 5.02. The SMILES string of the molecule is COc1cc2c(cc1OC)[C@H](c1ccccc1)N(C(=O)c1ccccc1)CC2. The maximum absolute atomic E-state index is 13.3. The molecular formula is C24H23NO3. The fourth-order valence-electron chi connectivity index (χ4n) is 3.91. The van der Waals surface area contributed by atoms with E-state index in [0.29, 0.717) is 17.9 Å². The minimum atomic E-state index is -0.169. The second-order valence-corrected chi connectivity index (χ2v) is 6.83. The molecule has 4 rings (SSSR count). The predicted molar refractivity (Wildman–Crippen MR) is 109 cm³/mol. The molecule has 1 aliphatic rings. The third kappa shape index (κ3) is 3.22. The van der Waals surface area contributed by atoms with Crippen LogP contribution in [0.25, 0.3) is 0 Å². The van der Waals surface area contributed by atoms with Crippen molar-refractivity contribution in [1.82, 2.24) is 4.90 Å². The molecule has 0 saturated heterocycles. The highest BCUT2D eigenvalue weighted by Gasteiger charge is 2.33. The summed E-state index contributed by atoms with van der Waals surface area (Å²) in [4.78, 5) is 15.3. The van der Waals surface area contributed by atoms with Crippen LogP contribution < -0.4 is 9.47 Å². The van der Waals surface area contributed by atoms with Gasteiger partial charge in [0.25, 0.3) is 5.91 Å². The molecule has 4 nitrogen and oxygen atoms in total. The van der Waals surface area contributed by atoms with Gasteiger partial charge in [-0.1, -0.05) is 48.5 Å². The third-order valence-electron chi connectivity index (χ3n) is 5.27. The Morgan fingerprint density at radius 3 is 2.14 bits per heavy atom. The summed E-state index contributed by atoms with van der Waals surface area (Å²) in [6.45, 7) is 0.649. The number of amides is 1. The van der Waals surface area contributed by atoms with Gasteiger partial charge < -0.3 is 14.4 Å². The van der Waals surface area contributed by atoms with Gasteiger partial charge in [-0.15, -0.1) is 0 Å². The first-order valence-electron chi connectivity index (χ1n) is 9.38. The summed E-state index contributed by atoms with van der Waals surface area (Å²) in [7, 11) is 3.28. The Morgan fingerprint density at radius 1 is 0.893 bits per heavy atom. The van der Waals surface area contributed by atoms with Gasteiger partial charge in [-0.05, 0) is 47.4 Å². The van der Waals surface area contributed by atoms with Gasteiger partial charge >= 0.3 is 0 Å². The van der Waals surface area contributed by atoms with E-state index in [1.807, 2.05) is 65.6 Å².